The number of phenols is 1. The van der Waals surface area contributed by atoms with Crippen molar-refractivity contribution in [3.63, 3.8) is 0 Å². The molecule has 6 N–H and O–H groups in total. The number of aromatic hydroxyl groups is 1. The molecule has 9 nitrogen and oxygen atoms in total. The standard InChI is InChI=1S/C18H22N2S.C7H6O6S.H2O/c1-14-7-8-17(15(2)13-14)21-18-6-4-3-5-16(18)20-11-9-19-10-12-20;8-6-2-1-4(14(11,12)13)3-5(6)7(9)10;/h3-8,13,19H,9-12H2,1-2H3;1-3,8H,(H,9,10)(H,11,12,13);1H2. The zero-order valence-electron chi connectivity index (χ0n) is 20.0. The molecule has 0 spiro atoms. The summed E-state index contributed by atoms with van der Waals surface area (Å²) in [6, 6.07) is 17.8. The second kappa shape index (κ2) is 12.7. The Bertz CT molecular complexity index is 1310. The first-order chi connectivity index (χ1) is 16.6. The molecule has 0 atom stereocenters. The van der Waals surface area contributed by atoms with Crippen LogP contribution in [0.4, 0.5) is 5.69 Å². The fourth-order valence-electron chi connectivity index (χ4n) is 3.67. The monoisotopic (exact) mass is 534 g/mol. The first-order valence-electron chi connectivity index (χ1n) is 11.0. The van der Waals surface area contributed by atoms with E-state index in [-0.39, 0.29) is 5.48 Å². The van der Waals surface area contributed by atoms with E-state index in [9.17, 15) is 17.8 Å². The van der Waals surface area contributed by atoms with Gasteiger partial charge in [0.05, 0.1) is 36.8 Å². The number of carbonyl (C=O) groups is 1. The van der Waals surface area contributed by atoms with E-state index in [0.717, 1.165) is 25.2 Å². The quantitative estimate of drug-likeness (QED) is 0.418. The summed E-state index contributed by atoms with van der Waals surface area (Å²) in [5.41, 5.74) is 3.45. The number of rotatable bonds is 5. The van der Waals surface area contributed by atoms with E-state index in [1.54, 1.807) is 0 Å². The lowest BCUT2D eigenvalue weighted by Gasteiger charge is -2.29. The summed E-state index contributed by atoms with van der Waals surface area (Å²) in [7, 11) is -4.70. The molecular weight excluding hydrogens is 504 g/mol. The minimum atomic E-state index is -4.70. The van der Waals surface area contributed by atoms with E-state index >= 15 is 0 Å². The molecule has 0 bridgehead atoms. The highest BCUT2D eigenvalue weighted by Gasteiger charge is 2.16. The number of nitrogens with zero attached hydrogens (tertiary/aromatic N) is 1. The Morgan fingerprint density at radius 2 is 1.67 bits per heavy atom. The molecule has 0 unspecified atom stereocenters. The molecular formula is C25H30N2O7S2. The Hall–Kier alpha value is -3.09. The molecule has 1 heterocycles. The van der Waals surface area contributed by atoms with Gasteiger partial charge in [-0.25, -0.2) is 13.2 Å². The van der Waals surface area contributed by atoms with Gasteiger partial charge in [-0.1, -0.05) is 41.6 Å². The Morgan fingerprint density at radius 1 is 1.00 bits per heavy atom. The van der Waals surface area contributed by atoms with Crippen molar-refractivity contribution in [1.82, 2.24) is 0 Å². The minimum Gasteiger partial charge on any atom is -0.744 e. The first-order valence-corrected chi connectivity index (χ1v) is 13.2. The molecule has 1 fully saturated rings. The van der Waals surface area contributed by atoms with Crippen LogP contribution in [0.15, 0.2) is 75.4 Å². The Kier molecular flexibility index (Phi) is 10.3. The normalized spacial score (nSPS) is 13.2. The number of piperazine rings is 1. The van der Waals surface area contributed by atoms with E-state index in [2.05, 4.69) is 66.5 Å². The van der Waals surface area contributed by atoms with Gasteiger partial charge in [0.25, 0.3) is 0 Å². The maximum absolute atomic E-state index is 10.5. The molecule has 0 aromatic heterocycles. The van der Waals surface area contributed by atoms with Crippen molar-refractivity contribution in [2.45, 2.75) is 28.5 Å². The predicted octanol–water partition coefficient (Wildman–Crippen LogP) is 2.01. The lowest BCUT2D eigenvalue weighted by Crippen LogP contribution is -2.89. The van der Waals surface area contributed by atoms with Crippen LogP contribution in [0, 0.1) is 13.8 Å². The molecule has 36 heavy (non-hydrogen) atoms. The van der Waals surface area contributed by atoms with Crippen LogP contribution in [0.25, 0.3) is 0 Å². The summed E-state index contributed by atoms with van der Waals surface area (Å²) < 4.78 is 31.5. The maximum Gasteiger partial charge on any atom is 0.339 e. The fourth-order valence-corrected chi connectivity index (χ4v) is 5.21. The van der Waals surface area contributed by atoms with Crippen LogP contribution in [0.5, 0.6) is 5.75 Å². The second-order valence-electron chi connectivity index (χ2n) is 8.13. The molecule has 0 aliphatic carbocycles. The zero-order chi connectivity index (χ0) is 25.6. The van der Waals surface area contributed by atoms with Crippen LogP contribution >= 0.6 is 11.8 Å². The van der Waals surface area contributed by atoms with Gasteiger partial charge in [-0.05, 0) is 55.8 Å². The SMILES string of the molecule is Cc1ccc(Sc2ccccc2N2CC[NH2+]CC2)c(C)c1.O.O=C(O)c1cc(S(=O)(=O)[O-])ccc1O. The van der Waals surface area contributed by atoms with Gasteiger partial charge < -0.3 is 30.5 Å². The molecule has 1 aliphatic rings. The van der Waals surface area contributed by atoms with Crippen molar-refractivity contribution < 1.29 is 38.8 Å². The Morgan fingerprint density at radius 3 is 2.28 bits per heavy atom. The summed E-state index contributed by atoms with van der Waals surface area (Å²) in [4.78, 5) is 15.0. The molecule has 4 rings (SSSR count). The third-order valence-electron chi connectivity index (χ3n) is 5.45. The summed E-state index contributed by atoms with van der Waals surface area (Å²) in [5.74, 6) is -2.10. The lowest BCUT2D eigenvalue weighted by atomic mass is 10.2. The predicted molar refractivity (Wildman–Crippen MR) is 137 cm³/mol. The average molecular weight is 535 g/mol. The third-order valence-corrected chi connectivity index (χ3v) is 7.52. The first kappa shape index (κ1) is 29.1. The number of benzene rings is 3. The molecule has 11 heteroatoms. The number of hydrogen-bond donors (Lipinski definition) is 3. The molecule has 0 saturated carbocycles. The molecule has 3 aromatic rings. The number of aromatic carboxylic acids is 1. The van der Waals surface area contributed by atoms with E-state index in [1.807, 2.05) is 11.8 Å². The van der Waals surface area contributed by atoms with E-state index in [1.165, 1.54) is 39.7 Å². The van der Waals surface area contributed by atoms with Crippen LogP contribution in [0.3, 0.4) is 0 Å². The Labute approximate surface area is 214 Å². The molecule has 0 radical (unpaired) electrons. The highest BCUT2D eigenvalue weighted by Crippen LogP contribution is 2.37. The maximum atomic E-state index is 10.5. The summed E-state index contributed by atoms with van der Waals surface area (Å²) >= 11 is 1.89. The highest BCUT2D eigenvalue weighted by atomic mass is 32.2. The number of para-hydroxylation sites is 1. The van der Waals surface area contributed by atoms with Crippen molar-refractivity contribution >= 4 is 33.5 Å². The number of hydrogen-bond acceptors (Lipinski definition) is 7. The van der Waals surface area contributed by atoms with Gasteiger partial charge in [-0.15, -0.1) is 0 Å². The van der Waals surface area contributed by atoms with Crippen molar-refractivity contribution in [1.29, 1.82) is 0 Å². The van der Waals surface area contributed by atoms with Crippen molar-refractivity contribution in [2.24, 2.45) is 0 Å². The largest absolute Gasteiger partial charge is 0.744 e. The van der Waals surface area contributed by atoms with Crippen molar-refractivity contribution in [3.05, 3.63) is 77.4 Å². The van der Waals surface area contributed by atoms with Gasteiger partial charge >= 0.3 is 5.97 Å². The number of quaternary nitrogens is 1. The smallest absolute Gasteiger partial charge is 0.339 e. The van der Waals surface area contributed by atoms with Crippen molar-refractivity contribution in [2.75, 3.05) is 31.1 Å². The van der Waals surface area contributed by atoms with E-state index in [4.69, 9.17) is 10.2 Å². The zero-order valence-corrected chi connectivity index (χ0v) is 21.6. The lowest BCUT2D eigenvalue weighted by molar-refractivity contribution is -0.655. The van der Waals surface area contributed by atoms with Gasteiger partial charge in [0.15, 0.2) is 0 Å². The topological polar surface area (TPSA) is 166 Å². The number of anilines is 1. The average Bonchev–Trinajstić information content (AvgIpc) is 2.81. The fraction of sp³-hybridized carbons (Fsp3) is 0.240. The van der Waals surface area contributed by atoms with Gasteiger partial charge in [0.1, 0.15) is 21.4 Å². The van der Waals surface area contributed by atoms with Gasteiger partial charge in [0, 0.05) is 9.79 Å². The van der Waals surface area contributed by atoms with Crippen LogP contribution in [-0.4, -0.2) is 60.8 Å². The van der Waals surface area contributed by atoms with Gasteiger partial charge in [0.2, 0.25) is 0 Å². The minimum absolute atomic E-state index is 0. The number of aryl methyl sites for hydroxylation is 2. The number of carboxylic acids is 1. The molecule has 0 amide bonds. The van der Waals surface area contributed by atoms with Crippen molar-refractivity contribution in [3.8, 4) is 5.75 Å². The molecule has 1 saturated heterocycles. The second-order valence-corrected chi connectivity index (χ2v) is 10.6. The Balaban J connectivity index is 0.000000268. The van der Waals surface area contributed by atoms with E-state index in [0.29, 0.717) is 6.07 Å². The molecule has 1 aliphatic heterocycles. The molecule has 194 valence electrons. The van der Waals surface area contributed by atoms with Gasteiger partial charge in [-0.3, -0.25) is 0 Å². The van der Waals surface area contributed by atoms with Crippen LogP contribution in [0.2, 0.25) is 0 Å². The number of carboxylic acid groups (broad SMARTS) is 1. The highest BCUT2D eigenvalue weighted by molar-refractivity contribution is 7.99. The van der Waals surface area contributed by atoms with Crippen LogP contribution < -0.4 is 10.2 Å². The summed E-state index contributed by atoms with van der Waals surface area (Å²) in [5, 5.41) is 19.9. The third kappa shape index (κ3) is 7.70. The van der Waals surface area contributed by atoms with Crippen LogP contribution in [-0.2, 0) is 10.1 Å². The number of nitrogens with two attached hydrogens (primary N) is 1. The summed E-state index contributed by atoms with van der Waals surface area (Å²) in [6.45, 7) is 9.04. The summed E-state index contributed by atoms with van der Waals surface area (Å²) in [6.07, 6.45) is 0. The van der Waals surface area contributed by atoms with Crippen LogP contribution in [0.1, 0.15) is 21.5 Å². The molecule has 3 aromatic carbocycles. The van der Waals surface area contributed by atoms with E-state index < -0.39 is 32.3 Å². The van der Waals surface area contributed by atoms with Gasteiger partial charge in [-0.2, -0.15) is 0 Å².